The molecule has 3 nitrogen and oxygen atoms in total. The first kappa shape index (κ1) is 13.6. The SMILES string of the molecule is Cc1ccc(S(=O)(=O)CCN2CCCCC2)cc1. The first-order valence-corrected chi connectivity index (χ1v) is 8.25. The fourth-order valence-corrected chi connectivity index (χ4v) is 3.58. The van der Waals surface area contributed by atoms with E-state index < -0.39 is 9.84 Å². The molecule has 0 amide bonds. The Hall–Kier alpha value is -0.870. The Balaban J connectivity index is 1.96. The van der Waals surface area contributed by atoms with Crippen molar-refractivity contribution in [1.82, 2.24) is 4.90 Å². The van der Waals surface area contributed by atoms with Gasteiger partial charge in [-0.25, -0.2) is 8.42 Å². The quantitative estimate of drug-likeness (QED) is 0.839. The molecule has 0 bridgehead atoms. The number of rotatable bonds is 4. The molecule has 18 heavy (non-hydrogen) atoms. The van der Waals surface area contributed by atoms with Gasteiger partial charge in [-0.3, -0.25) is 0 Å². The summed E-state index contributed by atoms with van der Waals surface area (Å²) < 4.78 is 24.3. The first-order chi connectivity index (χ1) is 8.58. The molecular formula is C14H21NO2S. The van der Waals surface area contributed by atoms with E-state index in [1.54, 1.807) is 12.1 Å². The standard InChI is InChI=1S/C14H21NO2S/c1-13-5-7-14(8-6-13)18(16,17)12-11-15-9-3-2-4-10-15/h5-8H,2-4,9-12H2,1H3. The zero-order chi connectivity index (χ0) is 13.0. The molecule has 100 valence electrons. The molecule has 1 aromatic carbocycles. The molecule has 2 rings (SSSR count). The zero-order valence-corrected chi connectivity index (χ0v) is 11.7. The zero-order valence-electron chi connectivity index (χ0n) is 10.9. The van der Waals surface area contributed by atoms with Crippen molar-refractivity contribution in [3.05, 3.63) is 29.8 Å². The van der Waals surface area contributed by atoms with Crippen molar-refractivity contribution in [2.45, 2.75) is 31.1 Å². The van der Waals surface area contributed by atoms with E-state index in [4.69, 9.17) is 0 Å². The molecule has 1 saturated heterocycles. The maximum atomic E-state index is 12.2. The molecule has 1 heterocycles. The summed E-state index contributed by atoms with van der Waals surface area (Å²) in [4.78, 5) is 2.71. The highest BCUT2D eigenvalue weighted by atomic mass is 32.2. The minimum absolute atomic E-state index is 0.232. The Labute approximate surface area is 110 Å². The summed E-state index contributed by atoms with van der Waals surface area (Å²) in [5.41, 5.74) is 1.09. The largest absolute Gasteiger partial charge is 0.302 e. The van der Waals surface area contributed by atoms with Gasteiger partial charge in [-0.15, -0.1) is 0 Å². The summed E-state index contributed by atoms with van der Waals surface area (Å²) in [5, 5.41) is 0. The van der Waals surface area contributed by atoms with Gasteiger partial charge in [-0.2, -0.15) is 0 Å². The van der Waals surface area contributed by atoms with E-state index in [0.29, 0.717) is 11.4 Å². The second kappa shape index (κ2) is 5.85. The maximum absolute atomic E-state index is 12.2. The number of likely N-dealkylation sites (tertiary alicyclic amines) is 1. The Morgan fingerprint density at radius 3 is 2.28 bits per heavy atom. The van der Waals surface area contributed by atoms with E-state index in [-0.39, 0.29) is 5.75 Å². The molecule has 1 fully saturated rings. The lowest BCUT2D eigenvalue weighted by atomic mass is 10.1. The molecule has 0 radical (unpaired) electrons. The molecule has 4 heteroatoms. The van der Waals surface area contributed by atoms with Gasteiger partial charge in [-0.1, -0.05) is 24.1 Å². The smallest absolute Gasteiger partial charge is 0.179 e. The van der Waals surface area contributed by atoms with Crippen LogP contribution in [0.3, 0.4) is 0 Å². The highest BCUT2D eigenvalue weighted by Gasteiger charge is 2.17. The van der Waals surface area contributed by atoms with Crippen LogP contribution in [0.5, 0.6) is 0 Å². The third kappa shape index (κ3) is 3.56. The average molecular weight is 267 g/mol. The molecule has 0 spiro atoms. The third-order valence-corrected chi connectivity index (χ3v) is 5.22. The Bertz CT molecular complexity index is 473. The summed E-state index contributed by atoms with van der Waals surface area (Å²) >= 11 is 0. The van der Waals surface area contributed by atoms with Crippen molar-refractivity contribution in [1.29, 1.82) is 0 Å². The number of hydrogen-bond acceptors (Lipinski definition) is 3. The van der Waals surface area contributed by atoms with Crippen LogP contribution in [0.25, 0.3) is 0 Å². The minimum atomic E-state index is -3.12. The van der Waals surface area contributed by atoms with Crippen LogP contribution in [-0.2, 0) is 9.84 Å². The van der Waals surface area contributed by atoms with Crippen molar-refractivity contribution in [3.8, 4) is 0 Å². The van der Waals surface area contributed by atoms with Gasteiger partial charge in [-0.05, 0) is 45.0 Å². The lowest BCUT2D eigenvalue weighted by Crippen LogP contribution is -2.33. The second-order valence-corrected chi connectivity index (χ2v) is 7.14. The van der Waals surface area contributed by atoms with Crippen molar-refractivity contribution in [2.75, 3.05) is 25.4 Å². The molecule has 0 aromatic heterocycles. The predicted octanol–water partition coefficient (Wildman–Crippen LogP) is 2.25. The van der Waals surface area contributed by atoms with Gasteiger partial charge in [0, 0.05) is 6.54 Å². The van der Waals surface area contributed by atoms with Crippen LogP contribution in [0.4, 0.5) is 0 Å². The van der Waals surface area contributed by atoms with Crippen molar-refractivity contribution >= 4 is 9.84 Å². The van der Waals surface area contributed by atoms with E-state index >= 15 is 0 Å². The lowest BCUT2D eigenvalue weighted by molar-refractivity contribution is 0.241. The van der Waals surface area contributed by atoms with Gasteiger partial charge in [0.05, 0.1) is 10.6 Å². The van der Waals surface area contributed by atoms with Crippen molar-refractivity contribution < 1.29 is 8.42 Å². The van der Waals surface area contributed by atoms with E-state index in [9.17, 15) is 8.42 Å². The molecule has 1 aliphatic heterocycles. The number of benzene rings is 1. The van der Waals surface area contributed by atoms with Gasteiger partial charge < -0.3 is 4.90 Å². The summed E-state index contributed by atoms with van der Waals surface area (Å²) in [7, 11) is -3.12. The van der Waals surface area contributed by atoms with Crippen LogP contribution in [0, 0.1) is 6.92 Å². The summed E-state index contributed by atoms with van der Waals surface area (Å²) in [6.45, 7) is 4.72. The first-order valence-electron chi connectivity index (χ1n) is 6.60. The number of nitrogens with zero attached hydrogens (tertiary/aromatic N) is 1. The van der Waals surface area contributed by atoms with Gasteiger partial charge in [0.25, 0.3) is 0 Å². The van der Waals surface area contributed by atoms with Crippen LogP contribution in [0.15, 0.2) is 29.2 Å². The van der Waals surface area contributed by atoms with Crippen molar-refractivity contribution in [2.24, 2.45) is 0 Å². The minimum Gasteiger partial charge on any atom is -0.302 e. The highest BCUT2D eigenvalue weighted by Crippen LogP contribution is 2.14. The number of hydrogen-bond donors (Lipinski definition) is 0. The fraction of sp³-hybridized carbons (Fsp3) is 0.571. The van der Waals surface area contributed by atoms with E-state index in [2.05, 4.69) is 4.90 Å². The topological polar surface area (TPSA) is 37.4 Å². The monoisotopic (exact) mass is 267 g/mol. The van der Waals surface area contributed by atoms with Gasteiger partial charge in [0.15, 0.2) is 9.84 Å². The summed E-state index contributed by atoms with van der Waals surface area (Å²) in [6, 6.07) is 7.13. The maximum Gasteiger partial charge on any atom is 0.179 e. The average Bonchev–Trinajstić information content (AvgIpc) is 2.38. The van der Waals surface area contributed by atoms with E-state index in [0.717, 1.165) is 18.7 Å². The van der Waals surface area contributed by atoms with Crippen LogP contribution in [0.2, 0.25) is 0 Å². The van der Waals surface area contributed by atoms with E-state index in [1.807, 2.05) is 19.1 Å². The fourth-order valence-electron chi connectivity index (χ4n) is 2.30. The lowest BCUT2D eigenvalue weighted by Gasteiger charge is -2.26. The molecule has 0 aliphatic carbocycles. The van der Waals surface area contributed by atoms with Gasteiger partial charge in [0.2, 0.25) is 0 Å². The van der Waals surface area contributed by atoms with Crippen LogP contribution in [-0.4, -0.2) is 38.7 Å². The Morgan fingerprint density at radius 2 is 1.67 bits per heavy atom. The molecule has 0 atom stereocenters. The van der Waals surface area contributed by atoms with E-state index in [1.165, 1.54) is 19.3 Å². The second-order valence-electron chi connectivity index (χ2n) is 5.03. The third-order valence-electron chi connectivity index (χ3n) is 3.51. The number of sulfone groups is 1. The Kier molecular flexibility index (Phi) is 4.40. The van der Waals surface area contributed by atoms with Crippen LogP contribution in [0.1, 0.15) is 24.8 Å². The van der Waals surface area contributed by atoms with Gasteiger partial charge in [0.1, 0.15) is 0 Å². The number of aryl methyl sites for hydroxylation is 1. The predicted molar refractivity (Wildman–Crippen MR) is 73.5 cm³/mol. The van der Waals surface area contributed by atoms with Crippen LogP contribution >= 0.6 is 0 Å². The molecular weight excluding hydrogens is 246 g/mol. The highest BCUT2D eigenvalue weighted by molar-refractivity contribution is 7.91. The Morgan fingerprint density at radius 1 is 1.06 bits per heavy atom. The van der Waals surface area contributed by atoms with Crippen LogP contribution < -0.4 is 0 Å². The molecule has 1 aliphatic rings. The summed E-state index contributed by atoms with van der Waals surface area (Å²) in [6.07, 6.45) is 3.68. The van der Waals surface area contributed by atoms with Crippen molar-refractivity contribution in [3.63, 3.8) is 0 Å². The van der Waals surface area contributed by atoms with Gasteiger partial charge >= 0.3 is 0 Å². The molecule has 0 N–H and O–H groups in total. The normalized spacial score (nSPS) is 17.8. The summed E-state index contributed by atoms with van der Waals surface area (Å²) in [5.74, 6) is 0.232. The molecule has 1 aromatic rings. The number of piperidine rings is 1. The molecule has 0 saturated carbocycles. The molecule has 0 unspecified atom stereocenters.